The van der Waals surface area contributed by atoms with Crippen LogP contribution in [-0.4, -0.2) is 72.4 Å². The molecule has 2 aromatic heterocycles. The predicted octanol–water partition coefficient (Wildman–Crippen LogP) is 5.04. The number of nitrogens with one attached hydrogen (secondary N) is 1. The van der Waals surface area contributed by atoms with E-state index in [0.717, 1.165) is 77.5 Å². The van der Waals surface area contributed by atoms with Crippen molar-refractivity contribution in [3.05, 3.63) is 40.2 Å². The summed E-state index contributed by atoms with van der Waals surface area (Å²) in [5.74, 6) is 3.09. The zero-order valence-corrected chi connectivity index (χ0v) is 23.6. The van der Waals surface area contributed by atoms with Crippen LogP contribution in [0.5, 0.6) is 5.75 Å². The van der Waals surface area contributed by atoms with Crippen molar-refractivity contribution in [3.63, 3.8) is 0 Å². The standard InChI is InChI=1S/C29H37ClN6O2/c1-18-26(25-19(2)34-38-20(25)3)32-27(23-14-22(8-9-24(23)30)37-13-5-11-31-4)33-28(18)35-12-10-29(15-35)16-36(17-29)21-6-7-21/h8-9,14,21,31H,5-7,10-13,15-17H2,1-4H3. The summed E-state index contributed by atoms with van der Waals surface area (Å²) in [7, 11) is 1.94. The summed E-state index contributed by atoms with van der Waals surface area (Å²) in [6.45, 7) is 12.0. The van der Waals surface area contributed by atoms with Gasteiger partial charge in [0.1, 0.15) is 17.3 Å². The van der Waals surface area contributed by atoms with Crippen molar-refractivity contribution in [2.24, 2.45) is 5.41 Å². The fourth-order valence-corrected chi connectivity index (χ4v) is 6.29. The number of nitrogens with zero attached hydrogens (tertiary/aromatic N) is 5. The van der Waals surface area contributed by atoms with E-state index in [4.69, 9.17) is 30.8 Å². The number of halogens is 1. The van der Waals surface area contributed by atoms with Gasteiger partial charge >= 0.3 is 0 Å². The van der Waals surface area contributed by atoms with Gasteiger partial charge in [-0.3, -0.25) is 4.90 Å². The van der Waals surface area contributed by atoms with Gasteiger partial charge in [0.2, 0.25) is 0 Å². The molecule has 1 spiro atoms. The van der Waals surface area contributed by atoms with Gasteiger partial charge in [-0.2, -0.15) is 0 Å². The van der Waals surface area contributed by atoms with E-state index in [1.165, 1.54) is 32.4 Å². The van der Waals surface area contributed by atoms with Crippen LogP contribution in [0.25, 0.3) is 22.6 Å². The normalized spacial score (nSPS) is 18.8. The first kappa shape index (κ1) is 25.6. The number of hydrogen-bond acceptors (Lipinski definition) is 8. The Morgan fingerprint density at radius 2 is 1.97 bits per heavy atom. The van der Waals surface area contributed by atoms with Crippen molar-refractivity contribution in [2.75, 3.05) is 51.3 Å². The second-order valence-corrected chi connectivity index (χ2v) is 11.7. The highest BCUT2D eigenvalue weighted by Crippen LogP contribution is 2.46. The largest absolute Gasteiger partial charge is 0.494 e. The van der Waals surface area contributed by atoms with Gasteiger partial charge in [-0.1, -0.05) is 16.8 Å². The lowest BCUT2D eigenvalue weighted by Crippen LogP contribution is -2.58. The lowest BCUT2D eigenvalue weighted by atomic mass is 9.79. The highest BCUT2D eigenvalue weighted by Gasteiger charge is 2.51. The Labute approximate surface area is 229 Å². The second kappa shape index (κ2) is 10.1. The number of aromatic nitrogens is 3. The lowest BCUT2D eigenvalue weighted by molar-refractivity contribution is 0.0114. The van der Waals surface area contributed by atoms with E-state index in [1.807, 2.05) is 39.1 Å². The van der Waals surface area contributed by atoms with Gasteiger partial charge in [-0.15, -0.1) is 0 Å². The summed E-state index contributed by atoms with van der Waals surface area (Å²) < 4.78 is 11.6. The monoisotopic (exact) mass is 536 g/mol. The lowest BCUT2D eigenvalue weighted by Gasteiger charge is -2.48. The maximum Gasteiger partial charge on any atom is 0.163 e. The number of hydrogen-bond donors (Lipinski definition) is 1. The van der Waals surface area contributed by atoms with Gasteiger partial charge in [0, 0.05) is 48.8 Å². The molecule has 3 fully saturated rings. The smallest absolute Gasteiger partial charge is 0.163 e. The Bertz CT molecular complexity index is 1310. The molecule has 38 heavy (non-hydrogen) atoms. The Hall–Kier alpha value is -2.68. The maximum absolute atomic E-state index is 6.74. The first-order chi connectivity index (χ1) is 18.4. The molecule has 0 bridgehead atoms. The van der Waals surface area contributed by atoms with Crippen LogP contribution in [0.4, 0.5) is 5.82 Å². The quantitative estimate of drug-likeness (QED) is 0.381. The highest BCUT2D eigenvalue weighted by molar-refractivity contribution is 6.33. The second-order valence-electron chi connectivity index (χ2n) is 11.3. The number of likely N-dealkylation sites (tertiary alicyclic amines) is 1. The fraction of sp³-hybridized carbons (Fsp3) is 0.552. The zero-order valence-electron chi connectivity index (χ0n) is 22.8. The van der Waals surface area contributed by atoms with Crippen molar-refractivity contribution >= 4 is 17.4 Å². The van der Waals surface area contributed by atoms with E-state index in [1.54, 1.807) is 0 Å². The molecule has 1 N–H and O–H groups in total. The summed E-state index contributed by atoms with van der Waals surface area (Å²) in [6, 6.07) is 6.57. The van der Waals surface area contributed by atoms with Gasteiger partial charge in [0.25, 0.3) is 0 Å². The maximum atomic E-state index is 6.74. The molecule has 6 rings (SSSR count). The molecule has 0 atom stereocenters. The Kier molecular flexibility index (Phi) is 6.82. The third-order valence-corrected chi connectivity index (χ3v) is 8.62. The SMILES string of the molecule is CNCCCOc1ccc(Cl)c(-c2nc(-c3c(C)noc3C)c(C)c(N3CCC4(C3)CN(C3CC3)C4)n2)c1. The minimum Gasteiger partial charge on any atom is -0.494 e. The number of benzene rings is 1. The van der Waals surface area contributed by atoms with E-state index < -0.39 is 0 Å². The third kappa shape index (κ3) is 4.78. The molecular weight excluding hydrogens is 500 g/mol. The van der Waals surface area contributed by atoms with Crippen molar-refractivity contribution in [1.29, 1.82) is 0 Å². The summed E-state index contributed by atoms with van der Waals surface area (Å²) >= 11 is 6.74. The number of rotatable bonds is 9. The molecule has 3 aromatic rings. The number of aryl methyl sites for hydroxylation is 2. The Balaban J connectivity index is 1.37. The van der Waals surface area contributed by atoms with Crippen molar-refractivity contribution in [1.82, 2.24) is 25.3 Å². The van der Waals surface area contributed by atoms with Crippen molar-refractivity contribution in [2.45, 2.75) is 52.5 Å². The molecule has 202 valence electrons. The number of ether oxygens (including phenoxy) is 1. The van der Waals surface area contributed by atoms with Gasteiger partial charge in [-0.25, -0.2) is 9.97 Å². The van der Waals surface area contributed by atoms with Crippen molar-refractivity contribution < 1.29 is 9.26 Å². The van der Waals surface area contributed by atoms with Crippen LogP contribution in [0.3, 0.4) is 0 Å². The average molecular weight is 537 g/mol. The van der Waals surface area contributed by atoms with E-state index in [9.17, 15) is 0 Å². The molecule has 1 aliphatic carbocycles. The van der Waals surface area contributed by atoms with E-state index >= 15 is 0 Å². The Morgan fingerprint density at radius 3 is 2.68 bits per heavy atom. The molecule has 2 saturated heterocycles. The van der Waals surface area contributed by atoms with E-state index in [2.05, 4.69) is 27.2 Å². The summed E-state index contributed by atoms with van der Waals surface area (Å²) in [6.07, 6.45) is 4.86. The molecule has 4 heterocycles. The topological polar surface area (TPSA) is 79.5 Å². The van der Waals surface area contributed by atoms with Gasteiger partial charge in [0.05, 0.1) is 28.6 Å². The first-order valence-electron chi connectivity index (χ1n) is 13.8. The van der Waals surface area contributed by atoms with Crippen LogP contribution in [0, 0.1) is 26.2 Å². The van der Waals surface area contributed by atoms with Gasteiger partial charge < -0.3 is 19.5 Å². The molecule has 0 amide bonds. The molecule has 0 unspecified atom stereocenters. The molecular formula is C29H37ClN6O2. The highest BCUT2D eigenvalue weighted by atomic mass is 35.5. The van der Waals surface area contributed by atoms with Gasteiger partial charge in [0.15, 0.2) is 5.82 Å². The van der Waals surface area contributed by atoms with E-state index in [0.29, 0.717) is 22.9 Å². The molecule has 1 saturated carbocycles. The van der Waals surface area contributed by atoms with Crippen LogP contribution in [0.15, 0.2) is 22.7 Å². The zero-order chi connectivity index (χ0) is 26.4. The molecule has 8 nitrogen and oxygen atoms in total. The van der Waals surface area contributed by atoms with Crippen LogP contribution in [0.1, 0.15) is 42.7 Å². The van der Waals surface area contributed by atoms with Crippen LogP contribution in [0.2, 0.25) is 5.02 Å². The molecule has 3 aliphatic rings. The van der Waals surface area contributed by atoms with Crippen LogP contribution in [-0.2, 0) is 0 Å². The Morgan fingerprint density at radius 1 is 1.16 bits per heavy atom. The van der Waals surface area contributed by atoms with Crippen molar-refractivity contribution in [3.8, 4) is 28.4 Å². The first-order valence-corrected chi connectivity index (χ1v) is 14.1. The van der Waals surface area contributed by atoms with Crippen LogP contribution < -0.4 is 15.0 Å². The summed E-state index contributed by atoms with van der Waals surface area (Å²) in [5, 5.41) is 7.97. The minimum absolute atomic E-state index is 0.377. The fourth-order valence-electron chi connectivity index (χ4n) is 6.09. The minimum atomic E-state index is 0.377. The van der Waals surface area contributed by atoms with Crippen LogP contribution >= 0.6 is 11.6 Å². The molecule has 0 radical (unpaired) electrons. The third-order valence-electron chi connectivity index (χ3n) is 8.29. The summed E-state index contributed by atoms with van der Waals surface area (Å²) in [5.41, 5.74) is 4.80. The van der Waals surface area contributed by atoms with E-state index in [-0.39, 0.29) is 0 Å². The van der Waals surface area contributed by atoms with Gasteiger partial charge in [-0.05, 0) is 78.2 Å². The molecule has 2 aliphatic heterocycles. The molecule has 1 aromatic carbocycles. The summed E-state index contributed by atoms with van der Waals surface area (Å²) in [4.78, 5) is 15.3. The average Bonchev–Trinajstić information content (AvgIpc) is 3.54. The molecule has 9 heteroatoms. The predicted molar refractivity (Wildman–Crippen MR) is 150 cm³/mol. The number of anilines is 1.